The first-order chi connectivity index (χ1) is 8.59. The van der Waals surface area contributed by atoms with Gasteiger partial charge in [0.15, 0.2) is 4.32 Å². The highest BCUT2D eigenvalue weighted by atomic mass is 32.2. The number of rotatable bonds is 3. The minimum atomic E-state index is -0.500. The Balaban J connectivity index is 2.26. The number of hydrogen-bond acceptors (Lipinski definition) is 6. The number of hydrazone groups is 1. The Morgan fingerprint density at radius 3 is 2.83 bits per heavy atom. The van der Waals surface area contributed by atoms with Crippen molar-refractivity contribution in [2.45, 2.75) is 0 Å². The Labute approximate surface area is 112 Å². The van der Waals surface area contributed by atoms with Crippen molar-refractivity contribution in [3.63, 3.8) is 0 Å². The van der Waals surface area contributed by atoms with Gasteiger partial charge in [-0.1, -0.05) is 36.1 Å². The van der Waals surface area contributed by atoms with Crippen LogP contribution in [0.4, 0.5) is 5.69 Å². The standard InChI is InChI=1S/C10H7N3O3S2/c14-9-6-18-10(17)12(9)11-5-7-3-1-2-4-8(7)13(15)16/h1-5H,6H2/b11-5+. The highest BCUT2D eigenvalue weighted by Crippen LogP contribution is 2.20. The third-order valence-electron chi connectivity index (χ3n) is 2.17. The Morgan fingerprint density at radius 1 is 1.50 bits per heavy atom. The maximum absolute atomic E-state index is 11.4. The molecule has 0 saturated carbocycles. The lowest BCUT2D eigenvalue weighted by Gasteiger charge is -2.06. The molecule has 1 heterocycles. The number of nitrogens with zero attached hydrogens (tertiary/aromatic N) is 3. The van der Waals surface area contributed by atoms with E-state index in [0.717, 1.165) is 5.01 Å². The number of carbonyl (C=O) groups is 1. The molecule has 1 aliphatic heterocycles. The fourth-order valence-electron chi connectivity index (χ4n) is 1.34. The molecule has 1 fully saturated rings. The first-order valence-corrected chi connectivity index (χ1v) is 6.26. The summed E-state index contributed by atoms with van der Waals surface area (Å²) in [7, 11) is 0. The number of benzene rings is 1. The van der Waals surface area contributed by atoms with E-state index in [-0.39, 0.29) is 17.3 Å². The summed E-state index contributed by atoms with van der Waals surface area (Å²) in [5.74, 6) is 0.0346. The number of thiocarbonyl (C=S) groups is 1. The molecule has 8 heteroatoms. The molecule has 2 rings (SSSR count). The van der Waals surface area contributed by atoms with Gasteiger partial charge in [-0.15, -0.1) is 0 Å². The Kier molecular flexibility index (Phi) is 3.68. The van der Waals surface area contributed by atoms with Crippen molar-refractivity contribution >= 4 is 46.1 Å². The molecule has 0 radical (unpaired) electrons. The summed E-state index contributed by atoms with van der Waals surface area (Å²) in [6.45, 7) is 0. The van der Waals surface area contributed by atoms with Crippen molar-refractivity contribution in [3.8, 4) is 0 Å². The molecule has 0 atom stereocenters. The van der Waals surface area contributed by atoms with E-state index in [1.54, 1.807) is 18.2 Å². The van der Waals surface area contributed by atoms with Crippen molar-refractivity contribution in [2.24, 2.45) is 5.10 Å². The van der Waals surface area contributed by atoms with E-state index in [1.165, 1.54) is 24.0 Å². The quantitative estimate of drug-likeness (QED) is 0.365. The van der Waals surface area contributed by atoms with Crippen molar-refractivity contribution in [1.82, 2.24) is 5.01 Å². The predicted molar refractivity (Wildman–Crippen MR) is 72.6 cm³/mol. The average Bonchev–Trinajstić information content (AvgIpc) is 2.67. The van der Waals surface area contributed by atoms with Crippen molar-refractivity contribution in [3.05, 3.63) is 39.9 Å². The van der Waals surface area contributed by atoms with Gasteiger partial charge < -0.3 is 0 Å². The van der Waals surface area contributed by atoms with Crippen LogP contribution in [-0.2, 0) is 4.79 Å². The first-order valence-electron chi connectivity index (χ1n) is 4.86. The summed E-state index contributed by atoms with van der Waals surface area (Å²) in [5.41, 5.74) is 0.265. The zero-order valence-corrected chi connectivity index (χ0v) is 10.6. The van der Waals surface area contributed by atoms with Gasteiger partial charge in [0.05, 0.1) is 22.5 Å². The lowest BCUT2D eigenvalue weighted by molar-refractivity contribution is -0.385. The van der Waals surface area contributed by atoms with Crippen molar-refractivity contribution < 1.29 is 9.72 Å². The van der Waals surface area contributed by atoms with Gasteiger partial charge in [0.2, 0.25) is 0 Å². The molecule has 1 aliphatic rings. The number of para-hydroxylation sites is 1. The van der Waals surface area contributed by atoms with Gasteiger partial charge >= 0.3 is 0 Å². The monoisotopic (exact) mass is 281 g/mol. The largest absolute Gasteiger partial charge is 0.278 e. The fraction of sp³-hybridized carbons (Fsp3) is 0.100. The Bertz CT molecular complexity index is 543. The molecule has 1 aromatic carbocycles. The smallest absolute Gasteiger partial charge is 0.272 e. The molecule has 0 unspecified atom stereocenters. The maximum atomic E-state index is 11.4. The Hall–Kier alpha value is -1.80. The van der Waals surface area contributed by atoms with Crippen LogP contribution >= 0.6 is 24.0 Å². The van der Waals surface area contributed by atoms with E-state index in [2.05, 4.69) is 5.10 Å². The summed E-state index contributed by atoms with van der Waals surface area (Å²) in [6, 6.07) is 6.16. The van der Waals surface area contributed by atoms with Crippen LogP contribution in [0.5, 0.6) is 0 Å². The van der Waals surface area contributed by atoms with Crippen LogP contribution < -0.4 is 0 Å². The van der Waals surface area contributed by atoms with Crippen molar-refractivity contribution in [1.29, 1.82) is 0 Å². The van der Waals surface area contributed by atoms with E-state index < -0.39 is 4.92 Å². The first kappa shape index (κ1) is 12.7. The van der Waals surface area contributed by atoms with Crippen LogP contribution in [0, 0.1) is 10.1 Å². The minimum Gasteiger partial charge on any atom is -0.272 e. The zero-order valence-electron chi connectivity index (χ0n) is 8.98. The van der Waals surface area contributed by atoms with E-state index >= 15 is 0 Å². The summed E-state index contributed by atoms with van der Waals surface area (Å²) >= 11 is 6.16. The zero-order chi connectivity index (χ0) is 13.1. The molecule has 18 heavy (non-hydrogen) atoms. The number of carbonyl (C=O) groups excluding carboxylic acids is 1. The number of nitro benzene ring substituents is 1. The molecule has 1 aromatic rings. The number of nitro groups is 1. The van der Waals surface area contributed by atoms with Gasteiger partial charge in [-0.25, -0.2) is 0 Å². The predicted octanol–water partition coefficient (Wildman–Crippen LogP) is 1.79. The van der Waals surface area contributed by atoms with E-state index in [9.17, 15) is 14.9 Å². The summed E-state index contributed by atoms with van der Waals surface area (Å²) < 4.78 is 0.356. The van der Waals surface area contributed by atoms with E-state index in [1.807, 2.05) is 0 Å². The van der Waals surface area contributed by atoms with Crippen LogP contribution in [0.1, 0.15) is 5.56 Å². The third kappa shape index (κ3) is 2.54. The molecule has 1 saturated heterocycles. The van der Waals surface area contributed by atoms with Gasteiger partial charge in [0.1, 0.15) is 0 Å². The van der Waals surface area contributed by atoms with Crippen LogP contribution in [0.25, 0.3) is 0 Å². The molecular formula is C10H7N3O3S2. The lowest BCUT2D eigenvalue weighted by atomic mass is 10.2. The van der Waals surface area contributed by atoms with Gasteiger partial charge in [0.25, 0.3) is 11.6 Å². The van der Waals surface area contributed by atoms with E-state index in [4.69, 9.17) is 12.2 Å². The third-order valence-corrected chi connectivity index (χ3v) is 3.51. The number of thioether (sulfide) groups is 1. The summed E-state index contributed by atoms with van der Waals surface area (Å²) in [4.78, 5) is 21.7. The molecule has 6 nitrogen and oxygen atoms in total. The lowest BCUT2D eigenvalue weighted by Crippen LogP contribution is -2.22. The van der Waals surface area contributed by atoms with Gasteiger partial charge in [0, 0.05) is 6.07 Å². The minimum absolute atomic E-state index is 0.0635. The van der Waals surface area contributed by atoms with Crippen LogP contribution in [0.2, 0.25) is 0 Å². The highest BCUT2D eigenvalue weighted by molar-refractivity contribution is 8.23. The molecule has 0 N–H and O–H groups in total. The second kappa shape index (κ2) is 5.23. The SMILES string of the molecule is O=C1CSC(=S)N1/N=C/c1ccccc1[N+](=O)[O-]. The Morgan fingerprint density at radius 2 is 2.22 bits per heavy atom. The highest BCUT2D eigenvalue weighted by Gasteiger charge is 2.26. The molecule has 0 aliphatic carbocycles. The van der Waals surface area contributed by atoms with Crippen LogP contribution in [0.15, 0.2) is 29.4 Å². The van der Waals surface area contributed by atoms with E-state index in [0.29, 0.717) is 9.88 Å². The van der Waals surface area contributed by atoms with Gasteiger partial charge in [-0.05, 0) is 6.07 Å². The second-order valence-electron chi connectivity index (χ2n) is 3.32. The van der Waals surface area contributed by atoms with Crippen molar-refractivity contribution in [2.75, 3.05) is 5.75 Å². The van der Waals surface area contributed by atoms with Crippen LogP contribution in [-0.4, -0.2) is 32.1 Å². The van der Waals surface area contributed by atoms with Crippen LogP contribution in [0.3, 0.4) is 0 Å². The number of hydrogen-bond donors (Lipinski definition) is 0. The number of amides is 1. The molecule has 1 amide bonds. The molecule has 92 valence electrons. The topological polar surface area (TPSA) is 75.8 Å². The molecule has 0 bridgehead atoms. The normalized spacial score (nSPS) is 15.7. The summed E-state index contributed by atoms with van der Waals surface area (Å²) in [5, 5.41) is 15.8. The molecule has 0 spiro atoms. The van der Waals surface area contributed by atoms with Gasteiger partial charge in [-0.2, -0.15) is 10.1 Å². The molecule has 0 aromatic heterocycles. The molecular weight excluding hydrogens is 274 g/mol. The fourth-order valence-corrected chi connectivity index (χ4v) is 2.31. The summed E-state index contributed by atoms with van der Waals surface area (Å²) in [6.07, 6.45) is 1.27. The second-order valence-corrected chi connectivity index (χ2v) is 4.93. The maximum Gasteiger partial charge on any atom is 0.278 e. The average molecular weight is 281 g/mol. The van der Waals surface area contributed by atoms with Gasteiger partial charge in [-0.3, -0.25) is 14.9 Å².